The van der Waals surface area contributed by atoms with E-state index in [1.54, 1.807) is 6.92 Å². The number of hydrogen-bond donors (Lipinski definition) is 2. The summed E-state index contributed by atoms with van der Waals surface area (Å²) in [5.74, 6) is -0.975. The molecule has 0 radical (unpaired) electrons. The largest absolute Gasteiger partial charge is 0.481 e. The first-order valence-electron chi connectivity index (χ1n) is 6.62. The maximum absolute atomic E-state index is 11.7. The number of ether oxygens (including phenoxy) is 1. The molecule has 0 fully saturated rings. The lowest BCUT2D eigenvalue weighted by Crippen LogP contribution is -2.37. The summed E-state index contributed by atoms with van der Waals surface area (Å²) < 4.78 is 5.27. The number of carbonyl (C=O) groups is 2. The molecule has 0 bridgehead atoms. The standard InChI is InChI=1S/C13H25NO4/c1-4-6-7-10(3)13(17)14-9-11(18-5-2)8-12(15)16/h10-11H,4-9H2,1-3H3,(H,14,17)(H,15,16). The molecule has 0 aromatic rings. The second-order valence-electron chi connectivity index (χ2n) is 4.46. The van der Waals surface area contributed by atoms with Gasteiger partial charge in [-0.3, -0.25) is 9.59 Å². The summed E-state index contributed by atoms with van der Waals surface area (Å²) in [5.41, 5.74) is 0. The van der Waals surface area contributed by atoms with Gasteiger partial charge in [-0.2, -0.15) is 0 Å². The van der Waals surface area contributed by atoms with Crippen molar-refractivity contribution in [2.24, 2.45) is 5.92 Å². The average Bonchev–Trinajstić information content (AvgIpc) is 2.32. The Morgan fingerprint density at radius 1 is 1.33 bits per heavy atom. The van der Waals surface area contributed by atoms with Crippen molar-refractivity contribution in [3.8, 4) is 0 Å². The van der Waals surface area contributed by atoms with Crippen molar-refractivity contribution >= 4 is 11.9 Å². The minimum Gasteiger partial charge on any atom is -0.481 e. The molecule has 0 rings (SSSR count). The maximum Gasteiger partial charge on any atom is 0.306 e. The fourth-order valence-corrected chi connectivity index (χ4v) is 1.65. The first kappa shape index (κ1) is 16.9. The van der Waals surface area contributed by atoms with Crippen LogP contribution in [0.3, 0.4) is 0 Å². The number of hydrogen-bond acceptors (Lipinski definition) is 3. The van der Waals surface area contributed by atoms with E-state index in [0.717, 1.165) is 19.3 Å². The van der Waals surface area contributed by atoms with Crippen LogP contribution in [0.2, 0.25) is 0 Å². The number of carboxylic acids is 1. The number of aliphatic carboxylic acids is 1. The Bertz CT molecular complexity index is 255. The number of unbranched alkanes of at least 4 members (excludes halogenated alkanes) is 1. The number of carboxylic acid groups (broad SMARTS) is 1. The third-order valence-electron chi connectivity index (χ3n) is 2.75. The minimum absolute atomic E-state index is 0.0291. The highest BCUT2D eigenvalue weighted by Crippen LogP contribution is 2.07. The third kappa shape index (κ3) is 8.06. The summed E-state index contributed by atoms with van der Waals surface area (Å²) in [6.45, 7) is 6.48. The van der Waals surface area contributed by atoms with Crippen molar-refractivity contribution in [3.05, 3.63) is 0 Å². The van der Waals surface area contributed by atoms with E-state index >= 15 is 0 Å². The van der Waals surface area contributed by atoms with E-state index in [9.17, 15) is 9.59 Å². The van der Waals surface area contributed by atoms with Crippen LogP contribution in [-0.4, -0.2) is 36.2 Å². The van der Waals surface area contributed by atoms with Crippen molar-refractivity contribution in [2.75, 3.05) is 13.2 Å². The highest BCUT2D eigenvalue weighted by atomic mass is 16.5. The fraction of sp³-hybridized carbons (Fsp3) is 0.846. The molecule has 0 saturated carbocycles. The van der Waals surface area contributed by atoms with Crippen LogP contribution in [0.15, 0.2) is 0 Å². The Kier molecular flexibility index (Phi) is 9.28. The van der Waals surface area contributed by atoms with Crippen LogP contribution in [0, 0.1) is 5.92 Å². The van der Waals surface area contributed by atoms with E-state index in [0.29, 0.717) is 6.61 Å². The van der Waals surface area contributed by atoms with Gasteiger partial charge in [0.05, 0.1) is 12.5 Å². The lowest BCUT2D eigenvalue weighted by molar-refractivity contribution is -0.140. The molecule has 5 heteroatoms. The zero-order valence-corrected chi connectivity index (χ0v) is 11.6. The lowest BCUT2D eigenvalue weighted by atomic mass is 10.0. The van der Waals surface area contributed by atoms with Gasteiger partial charge < -0.3 is 15.2 Å². The van der Waals surface area contributed by atoms with Gasteiger partial charge in [0.1, 0.15) is 0 Å². The topological polar surface area (TPSA) is 75.6 Å². The predicted octanol–water partition coefficient (Wildman–Crippen LogP) is 1.81. The van der Waals surface area contributed by atoms with Gasteiger partial charge >= 0.3 is 5.97 Å². The van der Waals surface area contributed by atoms with Crippen LogP contribution in [0.5, 0.6) is 0 Å². The van der Waals surface area contributed by atoms with Crippen molar-refractivity contribution < 1.29 is 19.4 Å². The predicted molar refractivity (Wildman–Crippen MR) is 69.4 cm³/mol. The highest BCUT2D eigenvalue weighted by molar-refractivity contribution is 5.78. The molecular weight excluding hydrogens is 234 g/mol. The highest BCUT2D eigenvalue weighted by Gasteiger charge is 2.17. The van der Waals surface area contributed by atoms with Crippen LogP contribution in [0.25, 0.3) is 0 Å². The van der Waals surface area contributed by atoms with Crippen LogP contribution in [-0.2, 0) is 14.3 Å². The SMILES string of the molecule is CCCCC(C)C(=O)NCC(CC(=O)O)OCC. The first-order valence-corrected chi connectivity index (χ1v) is 6.62. The third-order valence-corrected chi connectivity index (χ3v) is 2.75. The molecule has 0 spiro atoms. The molecule has 0 aliphatic carbocycles. The van der Waals surface area contributed by atoms with E-state index < -0.39 is 12.1 Å². The van der Waals surface area contributed by atoms with Crippen LogP contribution in [0.4, 0.5) is 0 Å². The summed E-state index contributed by atoms with van der Waals surface area (Å²) in [4.78, 5) is 22.3. The fourth-order valence-electron chi connectivity index (χ4n) is 1.65. The molecule has 2 unspecified atom stereocenters. The quantitative estimate of drug-likeness (QED) is 0.627. The number of nitrogens with one attached hydrogen (secondary N) is 1. The van der Waals surface area contributed by atoms with Crippen molar-refractivity contribution in [3.63, 3.8) is 0 Å². The molecule has 1 amide bonds. The molecule has 18 heavy (non-hydrogen) atoms. The smallest absolute Gasteiger partial charge is 0.306 e. The minimum atomic E-state index is -0.915. The zero-order valence-electron chi connectivity index (χ0n) is 11.6. The Hall–Kier alpha value is -1.10. The molecule has 106 valence electrons. The molecule has 5 nitrogen and oxygen atoms in total. The first-order chi connectivity index (χ1) is 8.51. The van der Waals surface area contributed by atoms with Gasteiger partial charge in [-0.25, -0.2) is 0 Å². The lowest BCUT2D eigenvalue weighted by Gasteiger charge is -2.17. The molecule has 0 heterocycles. The molecular formula is C13H25NO4. The van der Waals surface area contributed by atoms with Crippen molar-refractivity contribution in [2.45, 2.75) is 52.6 Å². The second-order valence-corrected chi connectivity index (χ2v) is 4.46. The normalized spacial score (nSPS) is 13.9. The molecule has 2 N–H and O–H groups in total. The van der Waals surface area contributed by atoms with Gasteiger partial charge in [0.15, 0.2) is 0 Å². The second kappa shape index (κ2) is 9.88. The molecule has 0 aliphatic heterocycles. The van der Waals surface area contributed by atoms with E-state index in [4.69, 9.17) is 9.84 Å². The van der Waals surface area contributed by atoms with Gasteiger partial charge in [-0.05, 0) is 13.3 Å². The van der Waals surface area contributed by atoms with Gasteiger partial charge in [-0.1, -0.05) is 26.7 Å². The molecule has 0 aromatic heterocycles. The molecule has 0 aliphatic rings. The van der Waals surface area contributed by atoms with E-state index in [2.05, 4.69) is 12.2 Å². The van der Waals surface area contributed by atoms with Gasteiger partial charge in [0, 0.05) is 19.1 Å². The van der Waals surface area contributed by atoms with Crippen LogP contribution in [0.1, 0.15) is 46.5 Å². The van der Waals surface area contributed by atoms with Gasteiger partial charge in [0.2, 0.25) is 5.91 Å². The van der Waals surface area contributed by atoms with Crippen molar-refractivity contribution in [1.82, 2.24) is 5.32 Å². The van der Waals surface area contributed by atoms with E-state index in [-0.39, 0.29) is 24.8 Å². The Morgan fingerprint density at radius 2 is 2.00 bits per heavy atom. The van der Waals surface area contributed by atoms with Gasteiger partial charge in [-0.15, -0.1) is 0 Å². The molecule has 0 saturated heterocycles. The molecule has 2 atom stereocenters. The van der Waals surface area contributed by atoms with Crippen LogP contribution >= 0.6 is 0 Å². The van der Waals surface area contributed by atoms with E-state index in [1.165, 1.54) is 0 Å². The van der Waals surface area contributed by atoms with Crippen LogP contribution < -0.4 is 5.32 Å². The zero-order chi connectivity index (χ0) is 14.0. The van der Waals surface area contributed by atoms with E-state index in [1.807, 2.05) is 6.92 Å². The molecule has 0 aromatic carbocycles. The summed E-state index contributed by atoms with van der Waals surface area (Å²) >= 11 is 0. The summed E-state index contributed by atoms with van der Waals surface area (Å²) in [5, 5.41) is 11.5. The Morgan fingerprint density at radius 3 is 2.50 bits per heavy atom. The average molecular weight is 259 g/mol. The number of amides is 1. The monoisotopic (exact) mass is 259 g/mol. The number of rotatable bonds is 10. The van der Waals surface area contributed by atoms with Crippen molar-refractivity contribution in [1.29, 1.82) is 0 Å². The summed E-state index contributed by atoms with van der Waals surface area (Å²) in [6, 6.07) is 0. The number of carbonyl (C=O) groups excluding carboxylic acids is 1. The maximum atomic E-state index is 11.7. The summed E-state index contributed by atoms with van der Waals surface area (Å²) in [7, 11) is 0. The summed E-state index contributed by atoms with van der Waals surface area (Å²) in [6.07, 6.45) is 2.42. The Balaban J connectivity index is 4.01. The van der Waals surface area contributed by atoms with Gasteiger partial charge in [0.25, 0.3) is 0 Å². The Labute approximate surface area is 109 Å².